The van der Waals surface area contributed by atoms with Gasteiger partial charge < -0.3 is 14.9 Å². The monoisotopic (exact) mass is 367 g/mol. The van der Waals surface area contributed by atoms with Crippen molar-refractivity contribution in [3.63, 3.8) is 0 Å². The summed E-state index contributed by atoms with van der Waals surface area (Å²) >= 11 is 0. The number of carboxylic acid groups (broad SMARTS) is 1. The fourth-order valence-electron chi connectivity index (χ4n) is 3.13. The zero-order chi connectivity index (χ0) is 19.6. The number of aromatic carboxylic acids is 1. The highest BCUT2D eigenvalue weighted by Crippen LogP contribution is 2.23. The van der Waals surface area contributed by atoms with E-state index in [-0.39, 0.29) is 16.9 Å². The minimum absolute atomic E-state index is 0.0456. The summed E-state index contributed by atoms with van der Waals surface area (Å²) in [5, 5.41) is 8.95. The van der Waals surface area contributed by atoms with Crippen LogP contribution < -0.4 is 4.90 Å². The summed E-state index contributed by atoms with van der Waals surface area (Å²) < 4.78 is 0. The van der Waals surface area contributed by atoms with E-state index < -0.39 is 5.97 Å². The number of pyridine rings is 1. The van der Waals surface area contributed by atoms with Gasteiger partial charge >= 0.3 is 5.97 Å². The first kappa shape index (κ1) is 18.9. The zero-order valence-corrected chi connectivity index (χ0v) is 16.0. The molecule has 1 amide bonds. The summed E-state index contributed by atoms with van der Waals surface area (Å²) in [7, 11) is 0. The largest absolute Gasteiger partial charge is 0.478 e. The van der Waals surface area contributed by atoms with E-state index in [1.807, 2.05) is 29.2 Å². The van der Waals surface area contributed by atoms with Crippen LogP contribution in [0.15, 0.2) is 42.6 Å². The minimum Gasteiger partial charge on any atom is -0.478 e. The van der Waals surface area contributed by atoms with Gasteiger partial charge in [-0.05, 0) is 35.2 Å². The predicted molar refractivity (Wildman–Crippen MR) is 104 cm³/mol. The minimum atomic E-state index is -0.984. The van der Waals surface area contributed by atoms with Crippen molar-refractivity contribution in [3.05, 3.63) is 59.3 Å². The molecule has 0 spiro atoms. The molecule has 1 fully saturated rings. The summed E-state index contributed by atoms with van der Waals surface area (Å²) in [6, 6.07) is 11.1. The maximum Gasteiger partial charge on any atom is 0.337 e. The SMILES string of the molecule is CC(C)(C)c1ccc(C(=O)N2CCN(c3ccc(C(=O)O)cn3)CC2)cc1. The van der Waals surface area contributed by atoms with Gasteiger partial charge in [0.05, 0.1) is 5.56 Å². The second kappa shape index (κ2) is 7.39. The number of anilines is 1. The Kier molecular flexibility index (Phi) is 5.17. The molecule has 1 aromatic carbocycles. The number of hydrogen-bond acceptors (Lipinski definition) is 4. The average Bonchev–Trinajstić information content (AvgIpc) is 2.67. The summed E-state index contributed by atoms with van der Waals surface area (Å²) in [4.78, 5) is 31.8. The van der Waals surface area contributed by atoms with Crippen LogP contribution >= 0.6 is 0 Å². The number of aromatic nitrogens is 1. The van der Waals surface area contributed by atoms with Crippen molar-refractivity contribution in [2.24, 2.45) is 0 Å². The first-order valence-electron chi connectivity index (χ1n) is 9.10. The Morgan fingerprint density at radius 1 is 0.926 bits per heavy atom. The van der Waals surface area contributed by atoms with Gasteiger partial charge in [-0.1, -0.05) is 32.9 Å². The van der Waals surface area contributed by atoms with Crippen LogP contribution in [0.5, 0.6) is 0 Å². The second-order valence-electron chi connectivity index (χ2n) is 7.82. The van der Waals surface area contributed by atoms with Crippen LogP contribution in [-0.2, 0) is 5.41 Å². The molecular weight excluding hydrogens is 342 g/mol. The lowest BCUT2D eigenvalue weighted by molar-refractivity contribution is 0.0694. The van der Waals surface area contributed by atoms with Crippen LogP contribution in [0.3, 0.4) is 0 Å². The smallest absolute Gasteiger partial charge is 0.337 e. The Balaban J connectivity index is 1.61. The molecule has 0 saturated carbocycles. The first-order chi connectivity index (χ1) is 12.8. The van der Waals surface area contributed by atoms with Crippen LogP contribution in [0.4, 0.5) is 5.82 Å². The van der Waals surface area contributed by atoms with Crippen molar-refractivity contribution in [1.29, 1.82) is 0 Å². The Morgan fingerprint density at radius 2 is 1.52 bits per heavy atom. The van der Waals surface area contributed by atoms with Crippen LogP contribution in [0.25, 0.3) is 0 Å². The Bertz CT molecular complexity index is 815. The van der Waals surface area contributed by atoms with Crippen molar-refractivity contribution >= 4 is 17.7 Å². The summed E-state index contributed by atoms with van der Waals surface area (Å²) in [6.45, 7) is 9.03. The van der Waals surface area contributed by atoms with Gasteiger partial charge in [-0.2, -0.15) is 0 Å². The molecule has 1 aliphatic rings. The van der Waals surface area contributed by atoms with E-state index in [2.05, 4.69) is 30.7 Å². The zero-order valence-electron chi connectivity index (χ0n) is 16.0. The molecule has 1 aliphatic heterocycles. The molecule has 0 bridgehead atoms. The number of piperazine rings is 1. The third-order valence-corrected chi connectivity index (χ3v) is 4.88. The Labute approximate surface area is 159 Å². The van der Waals surface area contributed by atoms with Gasteiger partial charge in [0.1, 0.15) is 5.82 Å². The molecule has 3 rings (SSSR count). The molecule has 2 aromatic rings. The molecule has 1 N–H and O–H groups in total. The average molecular weight is 367 g/mol. The molecule has 142 valence electrons. The molecule has 6 nitrogen and oxygen atoms in total. The molecule has 27 heavy (non-hydrogen) atoms. The normalized spacial score (nSPS) is 14.9. The van der Waals surface area contributed by atoms with Crippen LogP contribution in [0.1, 0.15) is 47.1 Å². The van der Waals surface area contributed by atoms with Gasteiger partial charge in [-0.25, -0.2) is 9.78 Å². The van der Waals surface area contributed by atoms with E-state index in [1.54, 1.807) is 12.1 Å². The topological polar surface area (TPSA) is 73.7 Å². The third-order valence-electron chi connectivity index (χ3n) is 4.88. The lowest BCUT2D eigenvalue weighted by Gasteiger charge is -2.35. The lowest BCUT2D eigenvalue weighted by atomic mass is 9.86. The molecule has 2 heterocycles. The molecule has 0 atom stereocenters. The number of rotatable bonds is 3. The van der Waals surface area contributed by atoms with Gasteiger partial charge in [0.25, 0.3) is 5.91 Å². The van der Waals surface area contributed by atoms with Crippen molar-refractivity contribution in [2.45, 2.75) is 26.2 Å². The van der Waals surface area contributed by atoms with E-state index in [1.165, 1.54) is 11.8 Å². The number of benzene rings is 1. The number of nitrogens with zero attached hydrogens (tertiary/aromatic N) is 3. The molecule has 1 saturated heterocycles. The number of carbonyl (C=O) groups is 2. The number of hydrogen-bond donors (Lipinski definition) is 1. The number of carbonyl (C=O) groups excluding carboxylic acids is 1. The summed E-state index contributed by atoms with van der Waals surface area (Å²) in [5.41, 5.74) is 2.16. The molecular formula is C21H25N3O3. The van der Waals surface area contributed by atoms with E-state index >= 15 is 0 Å². The first-order valence-corrected chi connectivity index (χ1v) is 9.10. The predicted octanol–water partition coefficient (Wildman–Crippen LogP) is 3.04. The molecule has 1 aromatic heterocycles. The molecule has 0 aliphatic carbocycles. The van der Waals surface area contributed by atoms with Crippen molar-refractivity contribution in [1.82, 2.24) is 9.88 Å². The molecule has 0 unspecified atom stereocenters. The highest BCUT2D eigenvalue weighted by molar-refractivity contribution is 5.94. The molecule has 6 heteroatoms. The van der Waals surface area contributed by atoms with E-state index in [0.29, 0.717) is 31.7 Å². The maximum absolute atomic E-state index is 12.8. The number of amides is 1. The van der Waals surface area contributed by atoms with Gasteiger partial charge in [-0.3, -0.25) is 4.79 Å². The van der Waals surface area contributed by atoms with Crippen LogP contribution in [0, 0.1) is 0 Å². The maximum atomic E-state index is 12.8. The summed E-state index contributed by atoms with van der Waals surface area (Å²) in [6.07, 6.45) is 1.37. The van der Waals surface area contributed by atoms with Crippen LogP contribution in [-0.4, -0.2) is 53.0 Å². The number of carboxylic acids is 1. The van der Waals surface area contributed by atoms with E-state index in [9.17, 15) is 9.59 Å². The van der Waals surface area contributed by atoms with Crippen LogP contribution in [0.2, 0.25) is 0 Å². The van der Waals surface area contributed by atoms with E-state index in [4.69, 9.17) is 5.11 Å². The highest BCUT2D eigenvalue weighted by atomic mass is 16.4. The summed E-state index contributed by atoms with van der Waals surface area (Å²) in [5.74, 6) is -0.201. The lowest BCUT2D eigenvalue weighted by Crippen LogP contribution is -2.49. The Morgan fingerprint density at radius 3 is 2.00 bits per heavy atom. The fourth-order valence-corrected chi connectivity index (χ4v) is 3.13. The molecule has 0 radical (unpaired) electrons. The van der Waals surface area contributed by atoms with Crippen molar-refractivity contribution in [3.8, 4) is 0 Å². The second-order valence-corrected chi connectivity index (χ2v) is 7.82. The highest BCUT2D eigenvalue weighted by Gasteiger charge is 2.23. The van der Waals surface area contributed by atoms with Gasteiger partial charge in [0.15, 0.2) is 0 Å². The third kappa shape index (κ3) is 4.27. The van der Waals surface area contributed by atoms with Gasteiger partial charge in [-0.15, -0.1) is 0 Å². The standard InChI is InChI=1S/C21H25N3O3/c1-21(2,3)17-7-4-15(5-8-17)19(25)24-12-10-23(11-13-24)18-9-6-16(14-22-18)20(26)27/h4-9,14H,10-13H2,1-3H3,(H,26,27). The van der Waals surface area contributed by atoms with Gasteiger partial charge in [0, 0.05) is 37.9 Å². The Hall–Kier alpha value is -2.89. The van der Waals surface area contributed by atoms with Crippen molar-refractivity contribution in [2.75, 3.05) is 31.1 Å². The fraction of sp³-hybridized carbons (Fsp3) is 0.381. The van der Waals surface area contributed by atoms with Crippen molar-refractivity contribution < 1.29 is 14.7 Å². The van der Waals surface area contributed by atoms with E-state index in [0.717, 1.165) is 5.82 Å². The quantitative estimate of drug-likeness (QED) is 0.903. The van der Waals surface area contributed by atoms with Gasteiger partial charge in [0.2, 0.25) is 0 Å².